The lowest BCUT2D eigenvalue weighted by molar-refractivity contribution is 0.147. The summed E-state index contributed by atoms with van der Waals surface area (Å²) in [7, 11) is 1.70. The summed E-state index contributed by atoms with van der Waals surface area (Å²) in [5.41, 5.74) is 1.46. The van der Waals surface area contributed by atoms with Crippen LogP contribution in [0.25, 0.3) is 10.8 Å². The molecule has 1 aliphatic rings. The van der Waals surface area contributed by atoms with E-state index in [0.717, 1.165) is 5.75 Å². The molecule has 1 heterocycles. The van der Waals surface area contributed by atoms with E-state index in [1.807, 2.05) is 0 Å². The van der Waals surface area contributed by atoms with Crippen LogP contribution < -0.4 is 4.74 Å². The number of hydrogen-bond acceptors (Lipinski definition) is 3. The molecule has 1 aliphatic heterocycles. The Kier molecular flexibility index (Phi) is 5.88. The zero-order valence-corrected chi connectivity index (χ0v) is 13.0. The standard InChI is InChI=1S/C17H20O2S.FH/c1-18-10-11-19-16-9-8-15(17-7-4-12-20-17)13-5-2-3-6-14(13)16;/h2-3,5-6,8-9,17H,4,7,10-12H2,1H3;1H. The van der Waals surface area contributed by atoms with Crippen LogP contribution in [0.5, 0.6) is 5.75 Å². The van der Waals surface area contributed by atoms with Gasteiger partial charge < -0.3 is 9.47 Å². The number of benzene rings is 2. The smallest absolute Gasteiger partial charge is 0.127 e. The van der Waals surface area contributed by atoms with Crippen molar-refractivity contribution in [3.05, 3.63) is 42.0 Å². The molecule has 21 heavy (non-hydrogen) atoms. The van der Waals surface area contributed by atoms with Gasteiger partial charge in [-0.15, -0.1) is 0 Å². The number of halogens is 1. The molecule has 114 valence electrons. The second-order valence-electron chi connectivity index (χ2n) is 5.04. The minimum absolute atomic E-state index is 0. The van der Waals surface area contributed by atoms with Gasteiger partial charge in [-0.2, -0.15) is 11.8 Å². The molecule has 0 bridgehead atoms. The quantitative estimate of drug-likeness (QED) is 0.753. The molecule has 3 rings (SSSR count). The average molecular weight is 308 g/mol. The third kappa shape index (κ3) is 3.50. The minimum atomic E-state index is 0. The first-order valence-corrected chi connectivity index (χ1v) is 8.20. The normalized spacial score (nSPS) is 17.7. The lowest BCUT2D eigenvalue weighted by atomic mass is 9.99. The highest BCUT2D eigenvalue weighted by Gasteiger charge is 2.20. The summed E-state index contributed by atoms with van der Waals surface area (Å²) in [6, 6.07) is 12.9. The van der Waals surface area contributed by atoms with E-state index >= 15 is 0 Å². The topological polar surface area (TPSA) is 18.5 Å². The van der Waals surface area contributed by atoms with Gasteiger partial charge in [-0.1, -0.05) is 30.3 Å². The predicted molar refractivity (Wildman–Crippen MR) is 88.3 cm³/mol. The van der Waals surface area contributed by atoms with Crippen LogP contribution >= 0.6 is 11.8 Å². The molecule has 0 radical (unpaired) electrons. The van der Waals surface area contributed by atoms with E-state index in [2.05, 4.69) is 48.2 Å². The number of hydrogen-bond donors (Lipinski definition) is 0. The first-order chi connectivity index (χ1) is 9.90. The van der Waals surface area contributed by atoms with Crippen molar-refractivity contribution in [3.63, 3.8) is 0 Å². The van der Waals surface area contributed by atoms with Crippen molar-refractivity contribution in [1.29, 1.82) is 0 Å². The highest BCUT2D eigenvalue weighted by Crippen LogP contribution is 2.43. The van der Waals surface area contributed by atoms with Crippen LogP contribution in [0.3, 0.4) is 0 Å². The van der Waals surface area contributed by atoms with Crippen molar-refractivity contribution in [2.75, 3.05) is 26.1 Å². The molecular weight excluding hydrogens is 287 g/mol. The lowest BCUT2D eigenvalue weighted by Gasteiger charge is -2.15. The van der Waals surface area contributed by atoms with E-state index in [1.54, 1.807) is 7.11 Å². The number of rotatable bonds is 5. The lowest BCUT2D eigenvalue weighted by Crippen LogP contribution is -2.05. The largest absolute Gasteiger partial charge is 0.491 e. The van der Waals surface area contributed by atoms with Crippen molar-refractivity contribution in [2.45, 2.75) is 18.1 Å². The van der Waals surface area contributed by atoms with Crippen LogP contribution in [-0.4, -0.2) is 26.1 Å². The van der Waals surface area contributed by atoms with Crippen molar-refractivity contribution in [2.24, 2.45) is 0 Å². The minimum Gasteiger partial charge on any atom is -0.491 e. The Morgan fingerprint density at radius 2 is 1.90 bits per heavy atom. The van der Waals surface area contributed by atoms with Crippen molar-refractivity contribution in [3.8, 4) is 5.75 Å². The summed E-state index contributed by atoms with van der Waals surface area (Å²) in [5, 5.41) is 3.20. The monoisotopic (exact) mass is 308 g/mol. The maximum atomic E-state index is 5.85. The van der Waals surface area contributed by atoms with Crippen LogP contribution in [-0.2, 0) is 4.74 Å². The Morgan fingerprint density at radius 3 is 2.62 bits per heavy atom. The SMILES string of the molecule is COCCOc1ccc(C2CCCS2)c2ccccc12.F. The summed E-state index contributed by atoms with van der Waals surface area (Å²) >= 11 is 2.08. The van der Waals surface area contributed by atoms with E-state index in [-0.39, 0.29) is 4.70 Å². The van der Waals surface area contributed by atoms with Gasteiger partial charge in [0.1, 0.15) is 12.4 Å². The van der Waals surface area contributed by atoms with E-state index < -0.39 is 0 Å². The second-order valence-corrected chi connectivity index (χ2v) is 6.35. The van der Waals surface area contributed by atoms with Gasteiger partial charge in [0.25, 0.3) is 0 Å². The van der Waals surface area contributed by atoms with Gasteiger partial charge >= 0.3 is 0 Å². The van der Waals surface area contributed by atoms with E-state index in [4.69, 9.17) is 9.47 Å². The van der Waals surface area contributed by atoms with Crippen LogP contribution in [0.4, 0.5) is 4.70 Å². The molecule has 0 aromatic heterocycles. The molecule has 1 atom stereocenters. The van der Waals surface area contributed by atoms with Crippen LogP contribution in [0.2, 0.25) is 0 Å². The van der Waals surface area contributed by atoms with Crippen molar-refractivity contribution in [1.82, 2.24) is 0 Å². The van der Waals surface area contributed by atoms with Gasteiger partial charge in [-0.25, -0.2) is 0 Å². The summed E-state index contributed by atoms with van der Waals surface area (Å²) in [4.78, 5) is 0. The van der Waals surface area contributed by atoms with Gasteiger partial charge in [0.2, 0.25) is 0 Å². The number of thioether (sulfide) groups is 1. The average Bonchev–Trinajstić information content (AvgIpc) is 3.01. The van der Waals surface area contributed by atoms with E-state index in [1.165, 1.54) is 34.9 Å². The molecule has 2 nitrogen and oxygen atoms in total. The van der Waals surface area contributed by atoms with E-state index in [0.29, 0.717) is 18.5 Å². The highest BCUT2D eigenvalue weighted by atomic mass is 32.2. The molecule has 2 aromatic rings. The fourth-order valence-electron chi connectivity index (χ4n) is 2.76. The Bertz CT molecular complexity index is 582. The highest BCUT2D eigenvalue weighted by molar-refractivity contribution is 7.99. The fraction of sp³-hybridized carbons (Fsp3) is 0.412. The van der Waals surface area contributed by atoms with Crippen LogP contribution in [0, 0.1) is 0 Å². The molecule has 2 aromatic carbocycles. The molecule has 0 N–H and O–H groups in total. The molecule has 1 fully saturated rings. The second kappa shape index (κ2) is 7.66. The Balaban J connectivity index is 0.00000161. The molecule has 0 aliphatic carbocycles. The van der Waals surface area contributed by atoms with Crippen molar-refractivity contribution >= 4 is 22.5 Å². The zero-order valence-electron chi connectivity index (χ0n) is 12.2. The summed E-state index contributed by atoms with van der Waals surface area (Å²) < 4.78 is 10.9. The zero-order chi connectivity index (χ0) is 13.8. The van der Waals surface area contributed by atoms with Crippen LogP contribution in [0.15, 0.2) is 36.4 Å². The predicted octanol–water partition coefficient (Wildman–Crippen LogP) is 4.59. The molecule has 1 unspecified atom stereocenters. The molecule has 0 spiro atoms. The maximum absolute atomic E-state index is 5.85. The van der Waals surface area contributed by atoms with Gasteiger partial charge in [0, 0.05) is 17.7 Å². The van der Waals surface area contributed by atoms with Gasteiger partial charge in [0.15, 0.2) is 0 Å². The molecule has 0 saturated carbocycles. The van der Waals surface area contributed by atoms with E-state index in [9.17, 15) is 0 Å². The Morgan fingerprint density at radius 1 is 1.10 bits per heavy atom. The molecular formula is C17H21FO2S. The third-order valence-electron chi connectivity index (χ3n) is 3.74. The molecule has 4 heteroatoms. The summed E-state index contributed by atoms with van der Waals surface area (Å²) in [6.07, 6.45) is 2.62. The Hall–Kier alpha value is -1.26. The van der Waals surface area contributed by atoms with Crippen molar-refractivity contribution < 1.29 is 14.2 Å². The fourth-order valence-corrected chi connectivity index (χ4v) is 4.10. The number of ether oxygens (including phenoxy) is 2. The van der Waals surface area contributed by atoms with Gasteiger partial charge in [-0.3, -0.25) is 4.70 Å². The van der Waals surface area contributed by atoms with Crippen LogP contribution in [0.1, 0.15) is 23.7 Å². The number of fused-ring (bicyclic) bond motifs is 1. The summed E-state index contributed by atoms with van der Waals surface area (Å²) in [5.74, 6) is 2.25. The van der Waals surface area contributed by atoms with Gasteiger partial charge in [0.05, 0.1) is 6.61 Å². The van der Waals surface area contributed by atoms with Gasteiger partial charge in [-0.05, 0) is 35.6 Å². The molecule has 0 amide bonds. The maximum Gasteiger partial charge on any atom is 0.127 e. The molecule has 1 saturated heterocycles. The first-order valence-electron chi connectivity index (χ1n) is 7.15. The third-order valence-corrected chi connectivity index (χ3v) is 5.16. The Labute approximate surface area is 129 Å². The number of methoxy groups -OCH3 is 1. The first kappa shape index (κ1) is 16.1. The summed E-state index contributed by atoms with van der Waals surface area (Å²) in [6.45, 7) is 1.21.